The monoisotopic (exact) mass is 230 g/mol. The number of rotatable bonds is 3. The van der Waals surface area contributed by atoms with Crippen LogP contribution in [0.5, 0.6) is 0 Å². The highest BCUT2D eigenvalue weighted by Crippen LogP contribution is 1.99. The van der Waals surface area contributed by atoms with E-state index in [0.29, 0.717) is 0 Å². The maximum absolute atomic E-state index is 5.34. The molecule has 88 valence electrons. The van der Waals surface area contributed by atoms with E-state index in [2.05, 4.69) is 41.2 Å². The average molecular weight is 230 g/mol. The lowest BCUT2D eigenvalue weighted by atomic mass is 10.3. The Hall–Kier alpha value is -0.390. The van der Waals surface area contributed by atoms with Crippen molar-refractivity contribution >= 4 is 17.3 Å². The van der Waals surface area contributed by atoms with Crippen molar-refractivity contribution in [3.63, 3.8) is 0 Å². The van der Waals surface area contributed by atoms with Crippen molar-refractivity contribution in [1.82, 2.24) is 20.0 Å². The van der Waals surface area contributed by atoms with E-state index in [1.807, 2.05) is 0 Å². The smallest absolute Gasteiger partial charge is 0.169 e. The molecule has 0 aliphatic carbocycles. The van der Waals surface area contributed by atoms with Crippen molar-refractivity contribution in [3.8, 4) is 0 Å². The quantitative estimate of drug-likeness (QED) is 0.669. The molecule has 0 aromatic heterocycles. The molecule has 0 saturated carbocycles. The normalized spacial score (nSPS) is 18.3. The van der Waals surface area contributed by atoms with Crippen molar-refractivity contribution in [3.05, 3.63) is 0 Å². The first-order valence-corrected chi connectivity index (χ1v) is 5.86. The molecule has 1 heterocycles. The van der Waals surface area contributed by atoms with Crippen LogP contribution in [0.2, 0.25) is 0 Å². The Balaban J connectivity index is 2.17. The number of piperazine rings is 1. The molecule has 5 heteroatoms. The van der Waals surface area contributed by atoms with Crippen LogP contribution in [0.15, 0.2) is 0 Å². The van der Waals surface area contributed by atoms with Crippen LogP contribution in [0.3, 0.4) is 0 Å². The van der Waals surface area contributed by atoms with E-state index in [0.717, 1.165) is 44.4 Å². The maximum Gasteiger partial charge on any atom is 0.169 e. The topological polar surface area (TPSA) is 21.8 Å². The number of thiocarbonyl (C=S) groups is 1. The molecule has 0 radical (unpaired) electrons. The molecule has 0 spiro atoms. The molecular formula is C10H22N4S. The van der Waals surface area contributed by atoms with E-state index in [9.17, 15) is 0 Å². The molecule has 0 unspecified atom stereocenters. The summed E-state index contributed by atoms with van der Waals surface area (Å²) in [5.74, 6) is 0. The molecule has 0 aromatic rings. The molecule has 0 amide bonds. The average Bonchev–Trinajstić information content (AvgIpc) is 2.18. The fourth-order valence-electron chi connectivity index (χ4n) is 1.51. The third-order valence-corrected chi connectivity index (χ3v) is 3.03. The minimum atomic E-state index is 0.907. The van der Waals surface area contributed by atoms with Crippen LogP contribution in [-0.2, 0) is 0 Å². The van der Waals surface area contributed by atoms with Crippen LogP contribution in [-0.4, -0.2) is 80.2 Å². The zero-order chi connectivity index (χ0) is 11.3. The molecule has 15 heavy (non-hydrogen) atoms. The molecule has 4 nitrogen and oxygen atoms in total. The van der Waals surface area contributed by atoms with Crippen molar-refractivity contribution < 1.29 is 0 Å². The summed E-state index contributed by atoms with van der Waals surface area (Å²) in [6, 6.07) is 0. The van der Waals surface area contributed by atoms with Crippen molar-refractivity contribution in [2.24, 2.45) is 0 Å². The SMILES string of the molecule is CN(C)CCNC(=S)N1CCN(C)CC1. The molecule has 1 N–H and O–H groups in total. The first kappa shape index (κ1) is 12.7. The Morgan fingerprint density at radius 2 is 1.87 bits per heavy atom. The highest BCUT2D eigenvalue weighted by molar-refractivity contribution is 7.80. The van der Waals surface area contributed by atoms with Gasteiger partial charge >= 0.3 is 0 Å². The van der Waals surface area contributed by atoms with Crippen molar-refractivity contribution in [1.29, 1.82) is 0 Å². The largest absolute Gasteiger partial charge is 0.361 e. The minimum Gasteiger partial charge on any atom is -0.361 e. The van der Waals surface area contributed by atoms with Gasteiger partial charge in [-0.05, 0) is 33.4 Å². The van der Waals surface area contributed by atoms with E-state index < -0.39 is 0 Å². The van der Waals surface area contributed by atoms with Crippen LogP contribution in [0, 0.1) is 0 Å². The van der Waals surface area contributed by atoms with Gasteiger partial charge in [-0.2, -0.15) is 0 Å². The van der Waals surface area contributed by atoms with E-state index in [4.69, 9.17) is 12.2 Å². The summed E-state index contributed by atoms with van der Waals surface area (Å²) < 4.78 is 0. The van der Waals surface area contributed by atoms with Crippen LogP contribution < -0.4 is 5.32 Å². The first-order chi connectivity index (χ1) is 7.09. The van der Waals surface area contributed by atoms with Gasteiger partial charge in [-0.3, -0.25) is 0 Å². The first-order valence-electron chi connectivity index (χ1n) is 5.45. The van der Waals surface area contributed by atoms with Crippen LogP contribution >= 0.6 is 12.2 Å². The van der Waals surface area contributed by atoms with Gasteiger partial charge in [-0.15, -0.1) is 0 Å². The fraction of sp³-hybridized carbons (Fsp3) is 0.900. The number of nitrogens with zero attached hydrogens (tertiary/aromatic N) is 3. The van der Waals surface area contributed by atoms with Crippen LogP contribution in [0.4, 0.5) is 0 Å². The van der Waals surface area contributed by atoms with E-state index >= 15 is 0 Å². The Kier molecular flexibility index (Phi) is 5.28. The van der Waals surface area contributed by atoms with E-state index in [1.54, 1.807) is 0 Å². The summed E-state index contributed by atoms with van der Waals surface area (Å²) in [7, 11) is 6.29. The van der Waals surface area contributed by atoms with Gasteiger partial charge in [0.15, 0.2) is 5.11 Å². The van der Waals surface area contributed by atoms with E-state index in [1.165, 1.54) is 0 Å². The second-order valence-corrected chi connectivity index (χ2v) is 4.71. The van der Waals surface area contributed by atoms with Crippen LogP contribution in [0.25, 0.3) is 0 Å². The van der Waals surface area contributed by atoms with Gasteiger partial charge in [0, 0.05) is 39.3 Å². The fourth-order valence-corrected chi connectivity index (χ4v) is 1.79. The van der Waals surface area contributed by atoms with E-state index in [-0.39, 0.29) is 0 Å². The van der Waals surface area contributed by atoms with Gasteiger partial charge in [0.25, 0.3) is 0 Å². The molecule has 1 fully saturated rings. The van der Waals surface area contributed by atoms with Gasteiger partial charge in [-0.1, -0.05) is 0 Å². The van der Waals surface area contributed by atoms with Gasteiger partial charge in [0.05, 0.1) is 0 Å². The number of hydrogen-bond acceptors (Lipinski definition) is 3. The Morgan fingerprint density at radius 1 is 1.27 bits per heavy atom. The highest BCUT2D eigenvalue weighted by Gasteiger charge is 2.15. The Morgan fingerprint density at radius 3 is 2.40 bits per heavy atom. The molecular weight excluding hydrogens is 208 g/mol. The summed E-state index contributed by atoms with van der Waals surface area (Å²) >= 11 is 5.34. The molecule has 1 aliphatic rings. The number of nitrogens with one attached hydrogen (secondary N) is 1. The van der Waals surface area contributed by atoms with Crippen LogP contribution in [0.1, 0.15) is 0 Å². The summed E-state index contributed by atoms with van der Waals surface area (Å²) in [5.41, 5.74) is 0. The molecule has 1 aliphatic heterocycles. The summed E-state index contributed by atoms with van der Waals surface area (Å²) in [5, 5.41) is 4.20. The van der Waals surface area contributed by atoms with Crippen molar-refractivity contribution in [2.45, 2.75) is 0 Å². The third-order valence-electron chi connectivity index (χ3n) is 2.63. The molecule has 0 bridgehead atoms. The Bertz CT molecular complexity index is 200. The second-order valence-electron chi connectivity index (χ2n) is 4.33. The summed E-state index contributed by atoms with van der Waals surface area (Å²) in [6.07, 6.45) is 0. The second kappa shape index (κ2) is 6.25. The predicted molar refractivity (Wildman–Crippen MR) is 68.2 cm³/mol. The number of likely N-dealkylation sites (N-methyl/N-ethyl adjacent to an activating group) is 2. The molecule has 1 saturated heterocycles. The number of hydrogen-bond donors (Lipinski definition) is 1. The molecule has 0 atom stereocenters. The zero-order valence-corrected chi connectivity index (χ0v) is 10.8. The third kappa shape index (κ3) is 4.77. The zero-order valence-electron chi connectivity index (χ0n) is 9.99. The van der Waals surface area contributed by atoms with Gasteiger partial charge in [0.2, 0.25) is 0 Å². The molecule has 0 aromatic carbocycles. The van der Waals surface area contributed by atoms with Crippen molar-refractivity contribution in [2.75, 3.05) is 60.4 Å². The lowest BCUT2D eigenvalue weighted by molar-refractivity contribution is 0.214. The lowest BCUT2D eigenvalue weighted by Crippen LogP contribution is -2.51. The van der Waals surface area contributed by atoms with Gasteiger partial charge in [0.1, 0.15) is 0 Å². The standard InChI is InChI=1S/C10H22N4S/c1-12(2)5-4-11-10(15)14-8-6-13(3)7-9-14/h4-9H2,1-3H3,(H,11,15). The van der Waals surface area contributed by atoms with Gasteiger partial charge in [-0.25, -0.2) is 0 Å². The molecule has 1 rings (SSSR count). The lowest BCUT2D eigenvalue weighted by Gasteiger charge is -2.34. The minimum absolute atomic E-state index is 0.907. The highest BCUT2D eigenvalue weighted by atomic mass is 32.1. The maximum atomic E-state index is 5.34. The predicted octanol–water partition coefficient (Wildman–Crippen LogP) is -0.330. The van der Waals surface area contributed by atoms with Gasteiger partial charge < -0.3 is 20.0 Å². The summed E-state index contributed by atoms with van der Waals surface area (Å²) in [6.45, 7) is 6.26. The summed E-state index contributed by atoms with van der Waals surface area (Å²) in [4.78, 5) is 6.74. The Labute approximate surface area is 98.2 Å².